The van der Waals surface area contributed by atoms with Crippen LogP contribution in [0.2, 0.25) is 0 Å². The van der Waals surface area contributed by atoms with Gasteiger partial charge < -0.3 is 15.2 Å². The molecule has 0 saturated heterocycles. The second-order valence-electron chi connectivity index (χ2n) is 7.03. The molecule has 3 rings (SSSR count). The van der Waals surface area contributed by atoms with Gasteiger partial charge in [0.05, 0.1) is 24.0 Å². The minimum absolute atomic E-state index is 0.338. The Hall–Kier alpha value is -2.15. The third-order valence-electron chi connectivity index (χ3n) is 5.14. The quantitative estimate of drug-likeness (QED) is 0.568. The number of carbonyl (C=O) groups excluding carboxylic acids is 2. The Morgan fingerprint density at radius 3 is 2.59 bits per heavy atom. The van der Waals surface area contributed by atoms with E-state index in [0.717, 1.165) is 42.5 Å². The number of fused-ring (bicyclic) bond motifs is 1. The van der Waals surface area contributed by atoms with Gasteiger partial charge in [-0.2, -0.15) is 0 Å². The van der Waals surface area contributed by atoms with Crippen LogP contribution in [-0.4, -0.2) is 29.6 Å². The van der Waals surface area contributed by atoms with Crippen LogP contribution in [0, 0.1) is 11.8 Å². The molecule has 1 aromatic rings. The number of carboxylic acids is 1. The summed E-state index contributed by atoms with van der Waals surface area (Å²) < 4.78 is 5.34. The van der Waals surface area contributed by atoms with Crippen molar-refractivity contribution in [1.82, 2.24) is 0 Å². The molecule has 1 amide bonds. The fourth-order valence-electron chi connectivity index (χ4n) is 3.72. The predicted octanol–water partition coefficient (Wildman–Crippen LogP) is 3.80. The first kappa shape index (κ1) is 19.6. The van der Waals surface area contributed by atoms with Crippen molar-refractivity contribution in [2.75, 3.05) is 11.9 Å². The molecule has 146 valence electrons. The number of esters is 1. The van der Waals surface area contributed by atoms with Gasteiger partial charge in [0.2, 0.25) is 5.91 Å². The zero-order chi connectivity index (χ0) is 19.4. The van der Waals surface area contributed by atoms with Crippen LogP contribution in [0.3, 0.4) is 0 Å². The van der Waals surface area contributed by atoms with E-state index in [1.807, 2.05) is 13.0 Å². The van der Waals surface area contributed by atoms with Crippen molar-refractivity contribution >= 4 is 34.2 Å². The van der Waals surface area contributed by atoms with Crippen LogP contribution in [-0.2, 0) is 27.2 Å². The summed E-state index contributed by atoms with van der Waals surface area (Å²) in [6.45, 7) is 2.27. The van der Waals surface area contributed by atoms with Crippen LogP contribution in [0.15, 0.2) is 12.2 Å². The van der Waals surface area contributed by atoms with Crippen molar-refractivity contribution in [3.05, 3.63) is 28.2 Å². The Morgan fingerprint density at radius 1 is 1.19 bits per heavy atom. The lowest BCUT2D eigenvalue weighted by atomic mass is 9.82. The number of allylic oxidation sites excluding steroid dienone is 2. The van der Waals surface area contributed by atoms with E-state index in [0.29, 0.717) is 30.0 Å². The molecule has 2 aliphatic carbocycles. The van der Waals surface area contributed by atoms with E-state index < -0.39 is 23.8 Å². The standard InChI is InChI=1S/C20H25NO5S/c1-2-11-26-20(25)16-14-9-5-6-10-15(14)27-18(16)21-17(22)12-7-3-4-8-13(12)19(23)24/h3-4,12-13H,2,5-11H2,1H3,(H,21,22)(H,23,24)/t12-,13+/m0/s1. The maximum absolute atomic E-state index is 12.8. The third-order valence-corrected chi connectivity index (χ3v) is 6.34. The monoisotopic (exact) mass is 391 g/mol. The topological polar surface area (TPSA) is 92.7 Å². The van der Waals surface area contributed by atoms with Gasteiger partial charge in [0.15, 0.2) is 0 Å². The van der Waals surface area contributed by atoms with Crippen molar-refractivity contribution in [1.29, 1.82) is 0 Å². The number of amides is 1. The molecule has 1 heterocycles. The Kier molecular flexibility index (Phi) is 6.31. The average Bonchev–Trinajstić information content (AvgIpc) is 3.03. The van der Waals surface area contributed by atoms with Gasteiger partial charge in [0, 0.05) is 4.88 Å². The molecule has 6 nitrogen and oxygen atoms in total. The molecule has 0 aromatic carbocycles. The van der Waals surface area contributed by atoms with Gasteiger partial charge in [0.1, 0.15) is 5.00 Å². The van der Waals surface area contributed by atoms with Crippen LogP contribution in [0.25, 0.3) is 0 Å². The normalized spacial score (nSPS) is 21.4. The second-order valence-corrected chi connectivity index (χ2v) is 8.14. The Bertz CT molecular complexity index is 767. The lowest BCUT2D eigenvalue weighted by Gasteiger charge is -2.24. The highest BCUT2D eigenvalue weighted by atomic mass is 32.1. The van der Waals surface area contributed by atoms with E-state index in [9.17, 15) is 19.5 Å². The first-order chi connectivity index (χ1) is 13.0. The number of hydrogen-bond acceptors (Lipinski definition) is 5. The average molecular weight is 391 g/mol. The van der Waals surface area contributed by atoms with Crippen LogP contribution >= 0.6 is 11.3 Å². The van der Waals surface area contributed by atoms with E-state index in [2.05, 4.69) is 5.32 Å². The van der Waals surface area contributed by atoms with E-state index in [4.69, 9.17) is 4.74 Å². The number of hydrogen-bond donors (Lipinski definition) is 2. The molecule has 0 aliphatic heterocycles. The van der Waals surface area contributed by atoms with Gasteiger partial charge in [-0.05, 0) is 50.5 Å². The summed E-state index contributed by atoms with van der Waals surface area (Å²) in [5.74, 6) is -3.07. The fraction of sp³-hybridized carbons (Fsp3) is 0.550. The van der Waals surface area contributed by atoms with Gasteiger partial charge in [0.25, 0.3) is 0 Å². The minimum atomic E-state index is -0.965. The summed E-state index contributed by atoms with van der Waals surface area (Å²) in [6.07, 6.45) is 8.91. The number of nitrogens with one attached hydrogen (secondary N) is 1. The fourth-order valence-corrected chi connectivity index (χ4v) is 5.00. The van der Waals surface area contributed by atoms with Crippen molar-refractivity contribution in [2.45, 2.75) is 51.9 Å². The number of carbonyl (C=O) groups is 3. The molecule has 7 heteroatoms. The van der Waals surface area contributed by atoms with E-state index in [1.165, 1.54) is 11.3 Å². The lowest BCUT2D eigenvalue weighted by molar-refractivity contribution is -0.146. The zero-order valence-corrected chi connectivity index (χ0v) is 16.3. The van der Waals surface area contributed by atoms with Gasteiger partial charge in [-0.15, -0.1) is 11.3 Å². The first-order valence-corrected chi connectivity index (χ1v) is 10.3. The number of aryl methyl sites for hydroxylation is 1. The highest BCUT2D eigenvalue weighted by molar-refractivity contribution is 7.17. The van der Waals surface area contributed by atoms with Crippen LogP contribution < -0.4 is 5.32 Å². The summed E-state index contributed by atoms with van der Waals surface area (Å²) in [6, 6.07) is 0. The minimum Gasteiger partial charge on any atom is -0.481 e. The SMILES string of the molecule is CCCOC(=O)c1c(NC(=O)[C@H]2CC=CC[C@H]2C(=O)O)sc2c1CCCC2. The number of ether oxygens (including phenoxy) is 1. The summed E-state index contributed by atoms with van der Waals surface area (Å²) in [4.78, 5) is 38.1. The van der Waals surface area contributed by atoms with Crippen molar-refractivity contribution in [2.24, 2.45) is 11.8 Å². The summed E-state index contributed by atoms with van der Waals surface area (Å²) >= 11 is 1.43. The molecule has 0 unspecified atom stereocenters. The van der Waals surface area contributed by atoms with Crippen LogP contribution in [0.1, 0.15) is 59.8 Å². The van der Waals surface area contributed by atoms with Gasteiger partial charge in [-0.3, -0.25) is 9.59 Å². The molecule has 0 saturated carbocycles. The molecule has 0 fully saturated rings. The summed E-state index contributed by atoms with van der Waals surface area (Å²) in [7, 11) is 0. The molecule has 2 N–H and O–H groups in total. The molecular formula is C20H25NO5S. The number of aliphatic carboxylic acids is 1. The molecule has 0 spiro atoms. The Labute approximate surface area is 162 Å². The van der Waals surface area contributed by atoms with Crippen molar-refractivity contribution in [3.63, 3.8) is 0 Å². The van der Waals surface area contributed by atoms with Gasteiger partial charge in [-0.25, -0.2) is 4.79 Å². The van der Waals surface area contributed by atoms with Crippen molar-refractivity contribution < 1.29 is 24.2 Å². The molecular weight excluding hydrogens is 366 g/mol. The second kappa shape index (κ2) is 8.69. The summed E-state index contributed by atoms with van der Waals surface area (Å²) in [5, 5.41) is 12.8. The Morgan fingerprint density at radius 2 is 1.89 bits per heavy atom. The predicted molar refractivity (Wildman–Crippen MR) is 103 cm³/mol. The smallest absolute Gasteiger partial charge is 0.341 e. The molecule has 2 atom stereocenters. The van der Waals surface area contributed by atoms with E-state index in [-0.39, 0.29) is 5.91 Å². The maximum Gasteiger partial charge on any atom is 0.341 e. The molecule has 0 bridgehead atoms. The number of carboxylic acid groups (broad SMARTS) is 1. The first-order valence-electron chi connectivity index (χ1n) is 9.53. The van der Waals surface area contributed by atoms with Gasteiger partial charge in [-0.1, -0.05) is 19.1 Å². The number of thiophene rings is 1. The third kappa shape index (κ3) is 4.24. The molecule has 0 radical (unpaired) electrons. The molecule has 1 aromatic heterocycles. The number of rotatable bonds is 6. The summed E-state index contributed by atoms with van der Waals surface area (Å²) in [5.41, 5.74) is 1.45. The number of anilines is 1. The highest BCUT2D eigenvalue weighted by Gasteiger charge is 2.35. The van der Waals surface area contributed by atoms with Crippen LogP contribution in [0.4, 0.5) is 5.00 Å². The lowest BCUT2D eigenvalue weighted by Crippen LogP contribution is -2.34. The van der Waals surface area contributed by atoms with Crippen LogP contribution in [0.5, 0.6) is 0 Å². The van der Waals surface area contributed by atoms with Gasteiger partial charge >= 0.3 is 11.9 Å². The highest BCUT2D eigenvalue weighted by Crippen LogP contribution is 2.39. The van der Waals surface area contributed by atoms with E-state index in [1.54, 1.807) is 6.08 Å². The molecule has 2 aliphatic rings. The molecule has 27 heavy (non-hydrogen) atoms. The largest absolute Gasteiger partial charge is 0.481 e. The maximum atomic E-state index is 12.8. The Balaban J connectivity index is 1.86. The zero-order valence-electron chi connectivity index (χ0n) is 15.5. The van der Waals surface area contributed by atoms with E-state index >= 15 is 0 Å². The van der Waals surface area contributed by atoms with Crippen molar-refractivity contribution in [3.8, 4) is 0 Å².